The number of rotatable bonds is 4. The van der Waals surface area contributed by atoms with Gasteiger partial charge in [0.05, 0.1) is 12.2 Å². The van der Waals surface area contributed by atoms with Crippen molar-refractivity contribution in [2.45, 2.75) is 39.4 Å². The molecule has 0 saturated carbocycles. The Bertz CT molecular complexity index is 357. The van der Waals surface area contributed by atoms with Crippen molar-refractivity contribution in [1.29, 1.82) is 0 Å². The Morgan fingerprint density at radius 1 is 1.35 bits per heavy atom. The molecule has 2 atom stereocenters. The van der Waals surface area contributed by atoms with Gasteiger partial charge in [-0.15, -0.1) is 0 Å². The molecule has 0 aromatic heterocycles. The van der Waals surface area contributed by atoms with E-state index < -0.39 is 6.10 Å². The molecule has 0 heterocycles. The molecule has 2 nitrogen and oxygen atoms in total. The number of aliphatic hydroxyl groups excluding tert-OH is 1. The van der Waals surface area contributed by atoms with Crippen LogP contribution >= 0.6 is 0 Å². The second kappa shape index (κ2) is 5.61. The maximum Gasteiger partial charge on any atom is 0.123 e. The topological polar surface area (TPSA) is 29.5 Å². The summed E-state index contributed by atoms with van der Waals surface area (Å²) in [5, 5.41) is 10.1. The fraction of sp³-hybridized carbons (Fsp3) is 0.571. The molecular formula is C14H21FO2. The molecule has 0 saturated heterocycles. The first-order valence-corrected chi connectivity index (χ1v) is 5.80. The number of hydrogen-bond acceptors (Lipinski definition) is 2. The average Bonchev–Trinajstić information content (AvgIpc) is 2.15. The van der Waals surface area contributed by atoms with Crippen LogP contribution < -0.4 is 0 Å². The van der Waals surface area contributed by atoms with Crippen molar-refractivity contribution >= 4 is 0 Å². The number of benzene rings is 1. The van der Waals surface area contributed by atoms with Crippen LogP contribution in [0.3, 0.4) is 0 Å². The molecule has 0 radical (unpaired) electrons. The molecule has 1 rings (SSSR count). The quantitative estimate of drug-likeness (QED) is 0.877. The van der Waals surface area contributed by atoms with Gasteiger partial charge < -0.3 is 9.84 Å². The molecule has 0 aliphatic heterocycles. The first-order chi connectivity index (χ1) is 7.84. The predicted molar refractivity (Wildman–Crippen MR) is 66.4 cm³/mol. The maximum atomic E-state index is 13.0. The van der Waals surface area contributed by atoms with E-state index >= 15 is 0 Å². The average molecular weight is 240 g/mol. The number of halogens is 1. The number of ether oxygens (including phenoxy) is 1. The summed E-state index contributed by atoms with van der Waals surface area (Å²) < 4.78 is 18.4. The van der Waals surface area contributed by atoms with Crippen molar-refractivity contribution in [1.82, 2.24) is 0 Å². The van der Waals surface area contributed by atoms with E-state index in [0.717, 1.165) is 5.56 Å². The third-order valence-corrected chi connectivity index (χ3v) is 2.79. The molecule has 17 heavy (non-hydrogen) atoms. The van der Waals surface area contributed by atoms with Crippen LogP contribution in [0.1, 0.15) is 26.3 Å². The van der Waals surface area contributed by atoms with Gasteiger partial charge in [-0.3, -0.25) is 0 Å². The van der Waals surface area contributed by atoms with E-state index in [1.807, 2.05) is 26.8 Å². The summed E-state index contributed by atoms with van der Waals surface area (Å²) in [7, 11) is 1.59. The predicted octanol–water partition coefficient (Wildman–Crippen LogP) is 2.79. The van der Waals surface area contributed by atoms with Crippen LogP contribution in [0.4, 0.5) is 4.39 Å². The molecule has 2 unspecified atom stereocenters. The lowest BCUT2D eigenvalue weighted by Crippen LogP contribution is -2.40. The Hall–Kier alpha value is -0.930. The molecule has 1 N–H and O–H groups in total. The Labute approximate surface area is 102 Å². The first-order valence-electron chi connectivity index (χ1n) is 5.80. The van der Waals surface area contributed by atoms with Crippen molar-refractivity contribution in [2.75, 3.05) is 7.11 Å². The zero-order valence-electron chi connectivity index (χ0n) is 10.9. The van der Waals surface area contributed by atoms with Crippen molar-refractivity contribution in [3.63, 3.8) is 0 Å². The summed E-state index contributed by atoms with van der Waals surface area (Å²) in [6.07, 6.45) is -0.513. The lowest BCUT2D eigenvalue weighted by atomic mass is 9.84. The van der Waals surface area contributed by atoms with E-state index in [0.29, 0.717) is 6.42 Å². The van der Waals surface area contributed by atoms with Crippen LogP contribution in [0, 0.1) is 11.2 Å². The van der Waals surface area contributed by atoms with Gasteiger partial charge in [0, 0.05) is 13.5 Å². The molecule has 0 spiro atoms. The standard InChI is InChI=1S/C14H21FO2/c1-14(2,3)13(17-4)12(16)9-10-6-5-7-11(15)8-10/h5-8,12-13,16H,9H2,1-4H3. The maximum absolute atomic E-state index is 13.0. The van der Waals surface area contributed by atoms with Crippen molar-refractivity contribution < 1.29 is 14.2 Å². The minimum Gasteiger partial charge on any atom is -0.390 e. The highest BCUT2D eigenvalue weighted by Crippen LogP contribution is 2.26. The Balaban J connectivity index is 2.74. The number of methoxy groups -OCH3 is 1. The Morgan fingerprint density at radius 3 is 2.47 bits per heavy atom. The smallest absolute Gasteiger partial charge is 0.123 e. The minimum absolute atomic E-state index is 0.151. The Kier molecular flexibility index (Phi) is 4.66. The van der Waals surface area contributed by atoms with Crippen LogP contribution in [0.25, 0.3) is 0 Å². The molecule has 0 aliphatic rings. The largest absolute Gasteiger partial charge is 0.390 e. The van der Waals surface area contributed by atoms with Crippen molar-refractivity contribution in [3.05, 3.63) is 35.6 Å². The summed E-state index contributed by atoms with van der Waals surface area (Å²) in [6.45, 7) is 6.03. The van der Waals surface area contributed by atoms with Crippen LogP contribution in [0.2, 0.25) is 0 Å². The summed E-state index contributed by atoms with van der Waals surface area (Å²) in [5.74, 6) is -0.278. The van der Waals surface area contributed by atoms with Gasteiger partial charge in [-0.2, -0.15) is 0 Å². The fourth-order valence-corrected chi connectivity index (χ4v) is 2.10. The van der Waals surface area contributed by atoms with Gasteiger partial charge in [0.15, 0.2) is 0 Å². The van der Waals surface area contributed by atoms with Crippen LogP contribution in [0.5, 0.6) is 0 Å². The lowest BCUT2D eigenvalue weighted by Gasteiger charge is -2.33. The van der Waals surface area contributed by atoms with Crippen molar-refractivity contribution in [3.8, 4) is 0 Å². The van der Waals surface area contributed by atoms with Crippen LogP contribution in [-0.4, -0.2) is 24.4 Å². The summed E-state index contributed by atoms with van der Waals surface area (Å²) >= 11 is 0. The second-order valence-electron chi connectivity index (χ2n) is 5.42. The zero-order valence-corrected chi connectivity index (χ0v) is 10.9. The van der Waals surface area contributed by atoms with Gasteiger partial charge in [-0.25, -0.2) is 4.39 Å². The fourth-order valence-electron chi connectivity index (χ4n) is 2.10. The third kappa shape index (κ3) is 4.10. The molecule has 1 aromatic rings. The summed E-state index contributed by atoms with van der Waals surface area (Å²) in [6, 6.07) is 6.30. The van der Waals surface area contributed by atoms with Gasteiger partial charge in [0.2, 0.25) is 0 Å². The highest BCUT2D eigenvalue weighted by molar-refractivity contribution is 5.17. The molecule has 1 aromatic carbocycles. The monoisotopic (exact) mass is 240 g/mol. The van der Waals surface area contributed by atoms with E-state index in [-0.39, 0.29) is 17.3 Å². The number of hydrogen-bond donors (Lipinski definition) is 1. The molecule has 3 heteroatoms. The SMILES string of the molecule is COC(C(O)Cc1cccc(F)c1)C(C)(C)C. The summed E-state index contributed by atoms with van der Waals surface area (Å²) in [5.41, 5.74) is 0.630. The zero-order chi connectivity index (χ0) is 13.1. The van der Waals surface area contributed by atoms with Gasteiger partial charge in [-0.05, 0) is 23.1 Å². The summed E-state index contributed by atoms with van der Waals surface area (Å²) in [4.78, 5) is 0. The van der Waals surface area contributed by atoms with E-state index in [2.05, 4.69) is 0 Å². The molecule has 0 amide bonds. The highest BCUT2D eigenvalue weighted by Gasteiger charge is 2.31. The van der Waals surface area contributed by atoms with E-state index in [4.69, 9.17) is 4.74 Å². The number of aliphatic hydroxyl groups is 1. The normalized spacial score (nSPS) is 15.6. The van der Waals surface area contributed by atoms with E-state index in [1.165, 1.54) is 12.1 Å². The molecule has 0 aliphatic carbocycles. The van der Waals surface area contributed by atoms with Gasteiger partial charge in [0.25, 0.3) is 0 Å². The van der Waals surface area contributed by atoms with Gasteiger partial charge >= 0.3 is 0 Å². The Morgan fingerprint density at radius 2 is 2.00 bits per heavy atom. The first kappa shape index (κ1) is 14.1. The van der Waals surface area contributed by atoms with Crippen LogP contribution in [0.15, 0.2) is 24.3 Å². The van der Waals surface area contributed by atoms with Crippen molar-refractivity contribution in [2.24, 2.45) is 5.41 Å². The van der Waals surface area contributed by atoms with E-state index in [9.17, 15) is 9.50 Å². The molecular weight excluding hydrogens is 219 g/mol. The molecule has 96 valence electrons. The van der Waals surface area contributed by atoms with Crippen LogP contribution in [-0.2, 0) is 11.2 Å². The van der Waals surface area contributed by atoms with Gasteiger partial charge in [0.1, 0.15) is 5.82 Å². The minimum atomic E-state index is -0.637. The molecule has 0 fully saturated rings. The molecule has 0 bridgehead atoms. The third-order valence-electron chi connectivity index (χ3n) is 2.79. The second-order valence-corrected chi connectivity index (χ2v) is 5.42. The van der Waals surface area contributed by atoms with E-state index in [1.54, 1.807) is 13.2 Å². The lowest BCUT2D eigenvalue weighted by molar-refractivity contribution is -0.0699. The highest BCUT2D eigenvalue weighted by atomic mass is 19.1. The van der Waals surface area contributed by atoms with Gasteiger partial charge in [-0.1, -0.05) is 32.9 Å².